The second-order valence-corrected chi connectivity index (χ2v) is 6.04. The fourth-order valence-electron chi connectivity index (χ4n) is 3.22. The van der Waals surface area contributed by atoms with E-state index in [0.29, 0.717) is 17.5 Å². The molecule has 0 aliphatic heterocycles. The first-order chi connectivity index (χ1) is 10.6. The van der Waals surface area contributed by atoms with Crippen molar-refractivity contribution in [3.63, 3.8) is 0 Å². The Bertz CT molecular complexity index is 663. The number of nitrogens with one attached hydrogen (secondary N) is 1. The molecule has 114 valence electrons. The van der Waals surface area contributed by atoms with Gasteiger partial charge in [0, 0.05) is 12.6 Å². The molecule has 0 heterocycles. The minimum absolute atomic E-state index is 0.334. The van der Waals surface area contributed by atoms with Gasteiger partial charge in [0.2, 0.25) is 0 Å². The summed E-state index contributed by atoms with van der Waals surface area (Å²) in [7, 11) is 0. The van der Waals surface area contributed by atoms with Crippen LogP contribution in [0, 0.1) is 0 Å². The average Bonchev–Trinajstić information content (AvgIpc) is 2.55. The first-order valence-electron chi connectivity index (χ1n) is 7.79. The zero-order valence-electron chi connectivity index (χ0n) is 12.8. The maximum atomic E-state index is 10.9. The Hall–Kier alpha value is -2.13. The number of fused-ring (bicyclic) bond motifs is 1. The predicted octanol–water partition coefficient (Wildman–Crippen LogP) is 4.11. The van der Waals surface area contributed by atoms with E-state index in [1.54, 1.807) is 12.1 Å². The molecule has 0 saturated carbocycles. The van der Waals surface area contributed by atoms with Gasteiger partial charge < -0.3 is 10.4 Å². The van der Waals surface area contributed by atoms with E-state index in [0.717, 1.165) is 18.5 Å². The first-order valence-corrected chi connectivity index (χ1v) is 7.79. The molecule has 2 aromatic rings. The van der Waals surface area contributed by atoms with Crippen LogP contribution >= 0.6 is 0 Å². The molecule has 3 heteroatoms. The van der Waals surface area contributed by atoms with Gasteiger partial charge in [-0.2, -0.15) is 0 Å². The molecule has 0 saturated heterocycles. The molecule has 0 bridgehead atoms. The van der Waals surface area contributed by atoms with Crippen LogP contribution in [0.15, 0.2) is 48.5 Å². The smallest absolute Gasteiger partial charge is 0.335 e. The Morgan fingerprint density at radius 1 is 1.09 bits per heavy atom. The minimum atomic E-state index is -0.880. The molecule has 3 nitrogen and oxygen atoms in total. The van der Waals surface area contributed by atoms with Gasteiger partial charge in [0.1, 0.15) is 0 Å². The van der Waals surface area contributed by atoms with Crippen LogP contribution < -0.4 is 5.32 Å². The van der Waals surface area contributed by atoms with Crippen molar-refractivity contribution in [3.8, 4) is 0 Å². The van der Waals surface area contributed by atoms with Crippen molar-refractivity contribution in [2.24, 2.45) is 0 Å². The van der Waals surface area contributed by atoms with Gasteiger partial charge in [-0.05, 0) is 47.6 Å². The Kier molecular flexibility index (Phi) is 4.25. The predicted molar refractivity (Wildman–Crippen MR) is 87.1 cm³/mol. The second kappa shape index (κ2) is 6.32. The summed E-state index contributed by atoms with van der Waals surface area (Å²) in [5.74, 6) is -0.251. The highest BCUT2D eigenvalue weighted by molar-refractivity contribution is 5.87. The molecule has 2 aromatic carbocycles. The number of aromatic carboxylic acids is 1. The number of hydrogen-bond acceptors (Lipinski definition) is 2. The van der Waals surface area contributed by atoms with Gasteiger partial charge in [0.25, 0.3) is 0 Å². The molecule has 3 rings (SSSR count). The number of hydrogen-bond donors (Lipinski definition) is 2. The van der Waals surface area contributed by atoms with Crippen molar-refractivity contribution in [1.82, 2.24) is 5.32 Å². The number of carboxylic acids is 1. The lowest BCUT2D eigenvalue weighted by Gasteiger charge is -2.30. The fourth-order valence-corrected chi connectivity index (χ4v) is 3.22. The van der Waals surface area contributed by atoms with Crippen LogP contribution in [-0.4, -0.2) is 11.1 Å². The van der Waals surface area contributed by atoms with Crippen LogP contribution in [0.25, 0.3) is 0 Å². The summed E-state index contributed by atoms with van der Waals surface area (Å²) in [6.45, 7) is 3.05. The van der Waals surface area contributed by atoms with E-state index in [1.807, 2.05) is 12.1 Å². The topological polar surface area (TPSA) is 49.3 Å². The van der Waals surface area contributed by atoms with Crippen molar-refractivity contribution in [3.05, 3.63) is 70.8 Å². The SMILES string of the molecule is CC1CCC(NCc2ccc(C(=O)O)cc2)c2ccccc21. The minimum Gasteiger partial charge on any atom is -0.478 e. The summed E-state index contributed by atoms with van der Waals surface area (Å²) < 4.78 is 0. The zero-order chi connectivity index (χ0) is 15.5. The van der Waals surface area contributed by atoms with Gasteiger partial charge in [-0.15, -0.1) is 0 Å². The van der Waals surface area contributed by atoms with Gasteiger partial charge in [0.05, 0.1) is 5.56 Å². The highest BCUT2D eigenvalue weighted by Gasteiger charge is 2.23. The standard InChI is InChI=1S/C19H21NO2/c1-13-6-11-18(17-5-3-2-4-16(13)17)20-12-14-7-9-15(10-8-14)19(21)22/h2-5,7-10,13,18,20H,6,11-12H2,1H3,(H,21,22). The van der Waals surface area contributed by atoms with Crippen LogP contribution in [0.1, 0.15) is 58.8 Å². The molecule has 0 amide bonds. The van der Waals surface area contributed by atoms with E-state index >= 15 is 0 Å². The summed E-state index contributed by atoms with van der Waals surface area (Å²) in [5, 5.41) is 12.5. The Balaban J connectivity index is 1.69. The van der Waals surface area contributed by atoms with Crippen LogP contribution in [0.2, 0.25) is 0 Å². The lowest BCUT2D eigenvalue weighted by atomic mass is 9.81. The van der Waals surface area contributed by atoms with E-state index in [1.165, 1.54) is 17.5 Å². The maximum Gasteiger partial charge on any atom is 0.335 e. The molecule has 2 unspecified atom stereocenters. The Morgan fingerprint density at radius 3 is 2.45 bits per heavy atom. The number of carbonyl (C=O) groups is 1. The quantitative estimate of drug-likeness (QED) is 0.892. The molecule has 22 heavy (non-hydrogen) atoms. The van der Waals surface area contributed by atoms with Gasteiger partial charge in [-0.3, -0.25) is 0 Å². The van der Waals surface area contributed by atoms with Crippen molar-refractivity contribution < 1.29 is 9.90 Å². The molecule has 1 aliphatic rings. The van der Waals surface area contributed by atoms with Crippen molar-refractivity contribution in [2.45, 2.75) is 38.3 Å². The summed E-state index contributed by atoms with van der Waals surface area (Å²) in [6.07, 6.45) is 2.35. The third-order valence-corrected chi connectivity index (χ3v) is 4.54. The van der Waals surface area contributed by atoms with E-state index in [4.69, 9.17) is 5.11 Å². The lowest BCUT2D eigenvalue weighted by Crippen LogP contribution is -2.25. The van der Waals surface area contributed by atoms with Gasteiger partial charge in [0.15, 0.2) is 0 Å². The van der Waals surface area contributed by atoms with Crippen molar-refractivity contribution in [1.29, 1.82) is 0 Å². The molecular formula is C19H21NO2. The number of benzene rings is 2. The fraction of sp³-hybridized carbons (Fsp3) is 0.316. The van der Waals surface area contributed by atoms with Crippen molar-refractivity contribution >= 4 is 5.97 Å². The Morgan fingerprint density at radius 2 is 1.77 bits per heavy atom. The zero-order valence-corrected chi connectivity index (χ0v) is 12.8. The van der Waals surface area contributed by atoms with E-state index in [-0.39, 0.29) is 0 Å². The summed E-state index contributed by atoms with van der Waals surface area (Å²) >= 11 is 0. The summed E-state index contributed by atoms with van der Waals surface area (Å²) in [6, 6.07) is 16.1. The second-order valence-electron chi connectivity index (χ2n) is 6.04. The van der Waals surface area contributed by atoms with E-state index < -0.39 is 5.97 Å². The molecular weight excluding hydrogens is 274 g/mol. The molecule has 2 N–H and O–H groups in total. The molecule has 0 fully saturated rings. The van der Waals surface area contributed by atoms with Gasteiger partial charge in [-0.25, -0.2) is 4.79 Å². The first kappa shape index (κ1) is 14.8. The molecule has 1 aliphatic carbocycles. The number of rotatable bonds is 4. The summed E-state index contributed by atoms with van der Waals surface area (Å²) in [5.41, 5.74) is 4.30. The third-order valence-electron chi connectivity index (χ3n) is 4.54. The van der Waals surface area contributed by atoms with Crippen LogP contribution in [0.5, 0.6) is 0 Å². The summed E-state index contributed by atoms with van der Waals surface area (Å²) in [4.78, 5) is 10.9. The number of carboxylic acid groups (broad SMARTS) is 1. The van der Waals surface area contributed by atoms with Crippen molar-refractivity contribution in [2.75, 3.05) is 0 Å². The van der Waals surface area contributed by atoms with Crippen LogP contribution in [0.3, 0.4) is 0 Å². The lowest BCUT2D eigenvalue weighted by molar-refractivity contribution is 0.0697. The molecule has 0 spiro atoms. The van der Waals surface area contributed by atoms with Crippen LogP contribution in [0.4, 0.5) is 0 Å². The Labute approximate surface area is 131 Å². The molecule has 0 radical (unpaired) electrons. The van der Waals surface area contributed by atoms with Gasteiger partial charge >= 0.3 is 5.97 Å². The third kappa shape index (κ3) is 3.04. The van der Waals surface area contributed by atoms with E-state index in [9.17, 15) is 4.79 Å². The van der Waals surface area contributed by atoms with Gasteiger partial charge in [-0.1, -0.05) is 43.3 Å². The normalized spacial score (nSPS) is 20.4. The molecule has 0 aromatic heterocycles. The average molecular weight is 295 g/mol. The highest BCUT2D eigenvalue weighted by Crippen LogP contribution is 2.37. The maximum absolute atomic E-state index is 10.9. The largest absolute Gasteiger partial charge is 0.478 e. The molecule has 2 atom stereocenters. The monoisotopic (exact) mass is 295 g/mol. The van der Waals surface area contributed by atoms with Crippen LogP contribution in [-0.2, 0) is 6.54 Å². The van der Waals surface area contributed by atoms with E-state index in [2.05, 4.69) is 36.5 Å². The highest BCUT2D eigenvalue weighted by atomic mass is 16.4.